The lowest BCUT2D eigenvalue weighted by molar-refractivity contribution is 0.0694. The Hall–Kier alpha value is -0.120. The smallest absolute Gasteiger partial charge is 0.0592 e. The minimum absolute atomic E-state index is 0.192. The third kappa shape index (κ3) is 4.07. The summed E-state index contributed by atoms with van der Waals surface area (Å²) < 4.78 is 10.4. The molecule has 2 atom stereocenters. The van der Waals surface area contributed by atoms with Gasteiger partial charge >= 0.3 is 0 Å². The van der Waals surface area contributed by atoms with Crippen LogP contribution in [0.25, 0.3) is 0 Å². The molecule has 1 aliphatic heterocycles. The molecule has 1 saturated heterocycles. The van der Waals surface area contributed by atoms with Gasteiger partial charge < -0.3 is 14.6 Å². The van der Waals surface area contributed by atoms with Crippen LogP contribution in [0.3, 0.4) is 0 Å². The van der Waals surface area contributed by atoms with Gasteiger partial charge in [0.1, 0.15) is 0 Å². The van der Waals surface area contributed by atoms with Crippen LogP contribution in [-0.4, -0.2) is 37.6 Å². The summed E-state index contributed by atoms with van der Waals surface area (Å²) in [4.78, 5) is 0. The van der Waals surface area contributed by atoms with Crippen LogP contribution in [0.5, 0.6) is 0 Å². The average molecular weight is 188 g/mol. The first kappa shape index (κ1) is 11.0. The molecule has 1 heterocycles. The van der Waals surface area contributed by atoms with Crippen LogP contribution in [0, 0.1) is 5.92 Å². The number of hydrogen-bond donors (Lipinski definition) is 1. The molecule has 0 aromatic heterocycles. The van der Waals surface area contributed by atoms with E-state index in [9.17, 15) is 5.11 Å². The quantitative estimate of drug-likeness (QED) is 0.637. The first-order valence-corrected chi connectivity index (χ1v) is 5.18. The van der Waals surface area contributed by atoms with Gasteiger partial charge in [-0.3, -0.25) is 0 Å². The number of aliphatic hydroxyl groups excluding tert-OH is 1. The number of hydrogen-bond acceptors (Lipinski definition) is 3. The lowest BCUT2D eigenvalue weighted by Crippen LogP contribution is -2.20. The Bertz CT molecular complexity index is 121. The van der Waals surface area contributed by atoms with Crippen molar-refractivity contribution in [1.29, 1.82) is 0 Å². The van der Waals surface area contributed by atoms with E-state index in [2.05, 4.69) is 0 Å². The van der Waals surface area contributed by atoms with Crippen molar-refractivity contribution < 1.29 is 14.6 Å². The summed E-state index contributed by atoms with van der Waals surface area (Å²) >= 11 is 0. The molecule has 0 radical (unpaired) electrons. The third-order valence-corrected chi connectivity index (χ3v) is 2.50. The molecule has 78 valence electrons. The Morgan fingerprint density at radius 1 is 1.62 bits per heavy atom. The molecule has 1 aliphatic rings. The summed E-state index contributed by atoms with van der Waals surface area (Å²) in [7, 11) is 0. The van der Waals surface area contributed by atoms with Crippen molar-refractivity contribution in [3.8, 4) is 0 Å². The maximum atomic E-state index is 9.71. The molecule has 3 heteroatoms. The molecule has 1 fully saturated rings. The van der Waals surface area contributed by atoms with Crippen molar-refractivity contribution in [2.45, 2.75) is 32.3 Å². The topological polar surface area (TPSA) is 38.7 Å². The largest absolute Gasteiger partial charge is 0.393 e. The zero-order valence-electron chi connectivity index (χ0n) is 8.37. The van der Waals surface area contributed by atoms with Crippen molar-refractivity contribution in [3.05, 3.63) is 0 Å². The van der Waals surface area contributed by atoms with Crippen LogP contribution < -0.4 is 0 Å². The number of aliphatic hydroxyl groups is 1. The highest BCUT2D eigenvalue weighted by atomic mass is 16.5. The molecule has 0 aromatic rings. The Morgan fingerprint density at radius 3 is 3.08 bits per heavy atom. The highest BCUT2D eigenvalue weighted by molar-refractivity contribution is 4.72. The second-order valence-corrected chi connectivity index (χ2v) is 3.53. The Balaban J connectivity index is 1.99. The van der Waals surface area contributed by atoms with E-state index in [1.807, 2.05) is 6.92 Å². The molecular weight excluding hydrogens is 168 g/mol. The van der Waals surface area contributed by atoms with Crippen molar-refractivity contribution in [1.82, 2.24) is 0 Å². The van der Waals surface area contributed by atoms with Crippen LogP contribution >= 0.6 is 0 Å². The fourth-order valence-corrected chi connectivity index (χ4v) is 1.63. The fraction of sp³-hybridized carbons (Fsp3) is 1.00. The van der Waals surface area contributed by atoms with Gasteiger partial charge in [-0.25, -0.2) is 0 Å². The highest BCUT2D eigenvalue weighted by Gasteiger charge is 2.23. The van der Waals surface area contributed by atoms with E-state index >= 15 is 0 Å². The first-order valence-electron chi connectivity index (χ1n) is 5.18. The molecule has 0 amide bonds. The van der Waals surface area contributed by atoms with Gasteiger partial charge in [0.15, 0.2) is 0 Å². The molecular formula is C10H20O3. The highest BCUT2D eigenvalue weighted by Crippen LogP contribution is 2.19. The molecule has 0 saturated carbocycles. The van der Waals surface area contributed by atoms with Gasteiger partial charge in [-0.05, 0) is 26.2 Å². The summed E-state index contributed by atoms with van der Waals surface area (Å²) in [5.41, 5.74) is 0. The SMILES string of the molecule is CCOCCCC(O)C1CCOC1. The van der Waals surface area contributed by atoms with Gasteiger partial charge in [-0.2, -0.15) is 0 Å². The van der Waals surface area contributed by atoms with Crippen molar-refractivity contribution in [2.75, 3.05) is 26.4 Å². The summed E-state index contributed by atoms with van der Waals surface area (Å²) in [5, 5.41) is 9.71. The molecule has 3 nitrogen and oxygen atoms in total. The maximum Gasteiger partial charge on any atom is 0.0592 e. The molecule has 2 unspecified atom stereocenters. The predicted molar refractivity (Wildman–Crippen MR) is 50.7 cm³/mol. The van der Waals surface area contributed by atoms with Crippen LogP contribution in [0.4, 0.5) is 0 Å². The van der Waals surface area contributed by atoms with E-state index in [1.165, 1.54) is 0 Å². The second-order valence-electron chi connectivity index (χ2n) is 3.53. The van der Waals surface area contributed by atoms with Gasteiger partial charge in [0.05, 0.1) is 12.7 Å². The van der Waals surface area contributed by atoms with Gasteiger partial charge in [-0.1, -0.05) is 0 Å². The number of rotatable bonds is 6. The van der Waals surface area contributed by atoms with Gasteiger partial charge in [-0.15, -0.1) is 0 Å². The molecule has 13 heavy (non-hydrogen) atoms. The predicted octanol–water partition coefficient (Wildman–Crippen LogP) is 1.20. The lowest BCUT2D eigenvalue weighted by atomic mass is 9.98. The summed E-state index contributed by atoms with van der Waals surface area (Å²) in [6.45, 7) is 5.06. The van der Waals surface area contributed by atoms with E-state index in [0.29, 0.717) is 5.92 Å². The molecule has 0 spiro atoms. The van der Waals surface area contributed by atoms with Gasteiger partial charge in [0.25, 0.3) is 0 Å². The minimum atomic E-state index is -0.192. The maximum absolute atomic E-state index is 9.71. The van der Waals surface area contributed by atoms with Gasteiger partial charge in [0.2, 0.25) is 0 Å². The van der Waals surface area contributed by atoms with E-state index < -0.39 is 0 Å². The Labute approximate surface area is 80.0 Å². The molecule has 1 N–H and O–H groups in total. The second kappa shape index (κ2) is 6.35. The average Bonchev–Trinajstić information content (AvgIpc) is 2.65. The number of ether oxygens (including phenoxy) is 2. The fourth-order valence-electron chi connectivity index (χ4n) is 1.63. The molecule has 0 bridgehead atoms. The lowest BCUT2D eigenvalue weighted by Gasteiger charge is -2.15. The van der Waals surface area contributed by atoms with Crippen molar-refractivity contribution in [3.63, 3.8) is 0 Å². The summed E-state index contributed by atoms with van der Waals surface area (Å²) in [6.07, 6.45) is 2.61. The van der Waals surface area contributed by atoms with E-state index in [1.54, 1.807) is 0 Å². The molecule has 0 aliphatic carbocycles. The standard InChI is InChI=1S/C10H20O3/c1-2-12-6-3-4-10(11)9-5-7-13-8-9/h9-11H,2-8H2,1H3. The molecule has 1 rings (SSSR count). The van der Waals surface area contributed by atoms with Gasteiger partial charge in [0, 0.05) is 25.7 Å². The first-order chi connectivity index (χ1) is 6.34. The minimum Gasteiger partial charge on any atom is -0.393 e. The van der Waals surface area contributed by atoms with Crippen LogP contribution in [0.15, 0.2) is 0 Å². The van der Waals surface area contributed by atoms with E-state index in [0.717, 1.165) is 45.7 Å². The molecule has 0 aromatic carbocycles. The monoisotopic (exact) mass is 188 g/mol. The van der Waals surface area contributed by atoms with Crippen molar-refractivity contribution in [2.24, 2.45) is 5.92 Å². The summed E-state index contributed by atoms with van der Waals surface area (Å²) in [5.74, 6) is 0.363. The third-order valence-electron chi connectivity index (χ3n) is 2.50. The van der Waals surface area contributed by atoms with E-state index in [4.69, 9.17) is 9.47 Å². The zero-order chi connectivity index (χ0) is 9.52. The van der Waals surface area contributed by atoms with Crippen LogP contribution in [0.1, 0.15) is 26.2 Å². The van der Waals surface area contributed by atoms with E-state index in [-0.39, 0.29) is 6.10 Å². The van der Waals surface area contributed by atoms with Crippen LogP contribution in [0.2, 0.25) is 0 Å². The Kier molecular flexibility index (Phi) is 5.35. The Morgan fingerprint density at radius 2 is 2.46 bits per heavy atom. The zero-order valence-corrected chi connectivity index (χ0v) is 8.37. The normalized spacial score (nSPS) is 24.9. The van der Waals surface area contributed by atoms with Crippen molar-refractivity contribution >= 4 is 0 Å². The summed E-state index contributed by atoms with van der Waals surface area (Å²) in [6, 6.07) is 0. The van der Waals surface area contributed by atoms with Crippen LogP contribution in [-0.2, 0) is 9.47 Å².